The monoisotopic (exact) mass is 194 g/mol. The average molecular weight is 195 g/mol. The van der Waals surface area contributed by atoms with Crippen LogP contribution in [0.5, 0.6) is 0 Å². The summed E-state index contributed by atoms with van der Waals surface area (Å²) in [5, 5.41) is 0. The fraction of sp³-hybridized carbons (Fsp3) is 0.750. The summed E-state index contributed by atoms with van der Waals surface area (Å²) in [6.45, 7) is 7.84. The molecule has 0 fully saturated rings. The van der Waals surface area contributed by atoms with Crippen molar-refractivity contribution < 1.29 is 14.2 Å². The fourth-order valence-electron chi connectivity index (χ4n) is 0.747. The maximum Gasteiger partial charge on any atom is 0.323 e. The van der Waals surface area contributed by atoms with Crippen LogP contribution in [-0.2, 0) is 14.2 Å². The Labute approximate surface area is 78.2 Å². The molecule has 72 valence electrons. The summed E-state index contributed by atoms with van der Waals surface area (Å²) in [6.07, 6.45) is 1.28. The van der Waals surface area contributed by atoms with Gasteiger partial charge in [-0.3, -0.25) is 0 Å². The van der Waals surface area contributed by atoms with Gasteiger partial charge in [-0.2, -0.15) is 0 Å². The maximum absolute atomic E-state index is 5.45. The summed E-state index contributed by atoms with van der Waals surface area (Å²) in [5.41, 5.74) is 0. The van der Waals surface area contributed by atoms with Gasteiger partial charge in [0.15, 0.2) is 0 Å². The lowest BCUT2D eigenvalue weighted by Gasteiger charge is -2.27. The predicted molar refractivity (Wildman–Crippen MR) is 48.0 cm³/mol. The molecule has 0 heterocycles. The molecule has 0 amide bonds. The molecule has 0 aliphatic carbocycles. The molecule has 0 saturated heterocycles. The summed E-state index contributed by atoms with van der Waals surface area (Å²) >= 11 is 5.45. The van der Waals surface area contributed by atoms with Gasteiger partial charge in [0, 0.05) is 12.8 Å². The smallest absolute Gasteiger partial charge is 0.323 e. The topological polar surface area (TPSA) is 27.7 Å². The number of ether oxygens (including phenoxy) is 3. The lowest BCUT2D eigenvalue weighted by Crippen LogP contribution is -2.34. The van der Waals surface area contributed by atoms with Gasteiger partial charge in [0.1, 0.15) is 0 Å². The molecule has 0 aromatic heterocycles. The van der Waals surface area contributed by atoms with Gasteiger partial charge in [-0.05, 0) is 6.92 Å². The van der Waals surface area contributed by atoms with Crippen molar-refractivity contribution in [3.05, 3.63) is 12.8 Å². The zero-order valence-corrected chi connectivity index (χ0v) is 8.26. The lowest BCUT2D eigenvalue weighted by atomic mass is 10.6. The van der Waals surface area contributed by atoms with Gasteiger partial charge in [0.05, 0.1) is 19.5 Å². The number of rotatable bonds is 7. The highest BCUT2D eigenvalue weighted by atomic mass is 35.5. The third kappa shape index (κ3) is 4.59. The van der Waals surface area contributed by atoms with Crippen LogP contribution >= 0.6 is 11.6 Å². The first-order chi connectivity index (χ1) is 5.68. The van der Waals surface area contributed by atoms with Crippen molar-refractivity contribution in [3.63, 3.8) is 0 Å². The Morgan fingerprint density at radius 1 is 1.50 bits per heavy atom. The Hall–Kier alpha value is -0.250. The summed E-state index contributed by atoms with van der Waals surface area (Å²) < 4.78 is 15.4. The Bertz CT molecular complexity index is 129. The number of hydrogen-bond donors (Lipinski definition) is 0. The molecule has 0 rings (SSSR count). The second kappa shape index (κ2) is 6.29. The van der Waals surface area contributed by atoms with E-state index in [-0.39, 0.29) is 0 Å². The van der Waals surface area contributed by atoms with Crippen molar-refractivity contribution in [2.24, 2.45) is 0 Å². The summed E-state index contributed by atoms with van der Waals surface area (Å²) in [6, 6.07) is 0. The average Bonchev–Trinajstić information content (AvgIpc) is 2.02. The second-order valence-corrected chi connectivity index (χ2v) is 2.50. The Morgan fingerprint density at radius 3 is 2.58 bits per heavy atom. The van der Waals surface area contributed by atoms with E-state index in [9.17, 15) is 0 Å². The molecular formula is C8H15ClO3. The van der Waals surface area contributed by atoms with Crippen molar-refractivity contribution in [1.29, 1.82) is 0 Å². The van der Waals surface area contributed by atoms with E-state index < -0.39 is 5.97 Å². The van der Waals surface area contributed by atoms with Gasteiger partial charge in [0.25, 0.3) is 0 Å². The van der Waals surface area contributed by atoms with E-state index in [2.05, 4.69) is 6.58 Å². The van der Waals surface area contributed by atoms with Gasteiger partial charge >= 0.3 is 5.97 Å². The molecule has 3 nitrogen and oxygen atoms in total. The predicted octanol–water partition coefficient (Wildman–Crippen LogP) is 2.11. The quantitative estimate of drug-likeness (QED) is 0.353. The molecular weight excluding hydrogens is 180 g/mol. The zero-order chi connectivity index (χ0) is 9.45. The largest absolute Gasteiger partial charge is 0.448 e. The van der Waals surface area contributed by atoms with E-state index in [0.717, 1.165) is 0 Å². The van der Waals surface area contributed by atoms with Gasteiger partial charge < -0.3 is 14.2 Å². The van der Waals surface area contributed by atoms with E-state index in [4.69, 9.17) is 25.8 Å². The minimum atomic E-state index is -1.05. The van der Waals surface area contributed by atoms with E-state index in [1.165, 1.54) is 6.26 Å². The Kier molecular flexibility index (Phi) is 6.16. The van der Waals surface area contributed by atoms with Crippen LogP contribution in [0.3, 0.4) is 0 Å². The van der Waals surface area contributed by atoms with E-state index in [0.29, 0.717) is 19.1 Å². The number of alkyl halides is 1. The molecule has 0 N–H and O–H groups in total. The lowest BCUT2D eigenvalue weighted by molar-refractivity contribution is -0.346. The summed E-state index contributed by atoms with van der Waals surface area (Å²) in [4.78, 5) is 0. The first-order valence-electron chi connectivity index (χ1n) is 3.81. The van der Waals surface area contributed by atoms with Crippen LogP contribution in [0.1, 0.15) is 13.8 Å². The van der Waals surface area contributed by atoms with Crippen LogP contribution in [0.15, 0.2) is 12.8 Å². The molecule has 4 heteroatoms. The van der Waals surface area contributed by atoms with Crippen LogP contribution in [0.2, 0.25) is 0 Å². The van der Waals surface area contributed by atoms with Crippen molar-refractivity contribution in [2.45, 2.75) is 19.8 Å². The molecule has 0 bridgehead atoms. The highest BCUT2D eigenvalue weighted by Gasteiger charge is 2.25. The standard InChI is InChI=1S/C8H15ClO3/c1-4-10-8(3,11-5-2)12-7-6-9/h4H,1,5-7H2,2-3H3. The normalized spacial score (nSPS) is 15.2. The molecule has 12 heavy (non-hydrogen) atoms. The van der Waals surface area contributed by atoms with Crippen molar-refractivity contribution >= 4 is 11.6 Å². The van der Waals surface area contributed by atoms with E-state index in [1.54, 1.807) is 6.92 Å². The minimum absolute atomic E-state index is 0.381. The molecule has 0 aromatic carbocycles. The first-order valence-corrected chi connectivity index (χ1v) is 4.34. The highest BCUT2D eigenvalue weighted by molar-refractivity contribution is 6.17. The molecule has 0 spiro atoms. The number of halogens is 1. The molecule has 0 aromatic rings. The molecule has 0 aliphatic heterocycles. The summed E-state index contributed by atoms with van der Waals surface area (Å²) in [7, 11) is 0. The van der Waals surface area contributed by atoms with Crippen LogP contribution in [-0.4, -0.2) is 25.1 Å². The van der Waals surface area contributed by atoms with Crippen LogP contribution in [0.25, 0.3) is 0 Å². The van der Waals surface area contributed by atoms with Crippen LogP contribution in [0.4, 0.5) is 0 Å². The Balaban J connectivity index is 3.88. The van der Waals surface area contributed by atoms with Gasteiger partial charge in [-0.15, -0.1) is 11.6 Å². The van der Waals surface area contributed by atoms with E-state index in [1.807, 2.05) is 6.92 Å². The van der Waals surface area contributed by atoms with Gasteiger partial charge in [0.2, 0.25) is 0 Å². The van der Waals surface area contributed by atoms with Crippen molar-refractivity contribution in [2.75, 3.05) is 19.1 Å². The molecule has 0 aliphatic rings. The third-order valence-corrected chi connectivity index (χ3v) is 1.30. The molecule has 0 saturated carbocycles. The third-order valence-electron chi connectivity index (χ3n) is 1.15. The van der Waals surface area contributed by atoms with Gasteiger partial charge in [-0.25, -0.2) is 0 Å². The van der Waals surface area contributed by atoms with Crippen molar-refractivity contribution in [1.82, 2.24) is 0 Å². The molecule has 0 radical (unpaired) electrons. The van der Waals surface area contributed by atoms with E-state index >= 15 is 0 Å². The molecule has 1 atom stereocenters. The number of hydrogen-bond acceptors (Lipinski definition) is 3. The first kappa shape index (κ1) is 11.8. The fourth-order valence-corrected chi connectivity index (χ4v) is 0.824. The van der Waals surface area contributed by atoms with Gasteiger partial charge in [-0.1, -0.05) is 6.58 Å². The van der Waals surface area contributed by atoms with Crippen LogP contribution in [0, 0.1) is 0 Å². The maximum atomic E-state index is 5.45. The zero-order valence-electron chi connectivity index (χ0n) is 7.51. The highest BCUT2D eigenvalue weighted by Crippen LogP contribution is 2.14. The summed E-state index contributed by atoms with van der Waals surface area (Å²) in [5.74, 6) is -0.644. The Morgan fingerprint density at radius 2 is 2.17 bits per heavy atom. The van der Waals surface area contributed by atoms with Crippen LogP contribution < -0.4 is 0 Å². The second-order valence-electron chi connectivity index (χ2n) is 2.12. The SMILES string of the molecule is C=COC(C)(OCC)OCCCl. The molecule has 1 unspecified atom stereocenters. The minimum Gasteiger partial charge on any atom is -0.448 e. The van der Waals surface area contributed by atoms with Crippen molar-refractivity contribution in [3.8, 4) is 0 Å².